The number of hydrogen-bond donors (Lipinski definition) is 1. The Morgan fingerprint density at radius 2 is 1.87 bits per heavy atom. The number of amides is 2. The van der Waals surface area contributed by atoms with E-state index in [0.29, 0.717) is 10.7 Å². The first-order chi connectivity index (χ1) is 11.1. The summed E-state index contributed by atoms with van der Waals surface area (Å²) in [6.45, 7) is 0. The SMILES string of the molecule is CN(N[C@@H]1CC(=O)N(c2cccc(Cl)c2)C1=O)c1ccccc1. The molecule has 1 atom stereocenters. The highest BCUT2D eigenvalue weighted by molar-refractivity contribution is 6.31. The molecule has 2 amide bonds. The van der Waals surface area contributed by atoms with Crippen LogP contribution in [-0.4, -0.2) is 24.9 Å². The monoisotopic (exact) mass is 329 g/mol. The van der Waals surface area contributed by atoms with Crippen molar-refractivity contribution < 1.29 is 9.59 Å². The van der Waals surface area contributed by atoms with Crippen molar-refractivity contribution in [2.24, 2.45) is 0 Å². The van der Waals surface area contributed by atoms with Gasteiger partial charge in [0.15, 0.2) is 0 Å². The second kappa shape index (κ2) is 6.40. The summed E-state index contributed by atoms with van der Waals surface area (Å²) in [7, 11) is 1.81. The van der Waals surface area contributed by atoms with Crippen LogP contribution in [0.3, 0.4) is 0 Å². The van der Waals surface area contributed by atoms with Gasteiger partial charge in [-0.15, -0.1) is 0 Å². The number of hydrogen-bond acceptors (Lipinski definition) is 4. The van der Waals surface area contributed by atoms with E-state index in [1.165, 1.54) is 4.90 Å². The maximum absolute atomic E-state index is 12.6. The van der Waals surface area contributed by atoms with Crippen molar-refractivity contribution in [1.29, 1.82) is 0 Å². The van der Waals surface area contributed by atoms with Crippen molar-refractivity contribution in [3.05, 3.63) is 59.6 Å². The highest BCUT2D eigenvalue weighted by Crippen LogP contribution is 2.25. The van der Waals surface area contributed by atoms with Crippen LogP contribution in [-0.2, 0) is 9.59 Å². The molecule has 2 aromatic carbocycles. The fraction of sp³-hybridized carbons (Fsp3) is 0.176. The molecule has 1 aliphatic rings. The van der Waals surface area contributed by atoms with E-state index in [0.717, 1.165) is 5.69 Å². The van der Waals surface area contributed by atoms with Crippen molar-refractivity contribution in [2.75, 3.05) is 17.0 Å². The number of nitrogens with one attached hydrogen (secondary N) is 1. The lowest BCUT2D eigenvalue weighted by molar-refractivity contribution is -0.121. The first kappa shape index (κ1) is 15.5. The average Bonchev–Trinajstić information content (AvgIpc) is 2.82. The summed E-state index contributed by atoms with van der Waals surface area (Å²) >= 11 is 5.95. The minimum Gasteiger partial charge on any atom is -0.311 e. The number of para-hydroxylation sites is 1. The van der Waals surface area contributed by atoms with E-state index in [4.69, 9.17) is 11.6 Å². The third-order valence-electron chi connectivity index (χ3n) is 3.71. The molecule has 0 spiro atoms. The predicted molar refractivity (Wildman–Crippen MR) is 90.3 cm³/mol. The first-order valence-electron chi connectivity index (χ1n) is 7.23. The third kappa shape index (κ3) is 3.21. The molecule has 0 saturated carbocycles. The number of carbonyl (C=O) groups is 2. The van der Waals surface area contributed by atoms with Gasteiger partial charge in [-0.05, 0) is 30.3 Å². The van der Waals surface area contributed by atoms with Crippen molar-refractivity contribution in [3.8, 4) is 0 Å². The van der Waals surface area contributed by atoms with Crippen molar-refractivity contribution in [2.45, 2.75) is 12.5 Å². The summed E-state index contributed by atoms with van der Waals surface area (Å²) in [5, 5.41) is 2.23. The van der Waals surface area contributed by atoms with Crippen LogP contribution in [0.1, 0.15) is 6.42 Å². The normalized spacial score (nSPS) is 17.7. The largest absolute Gasteiger partial charge is 0.311 e. The topological polar surface area (TPSA) is 52.7 Å². The third-order valence-corrected chi connectivity index (χ3v) is 3.94. The molecular formula is C17H16ClN3O2. The number of imide groups is 1. The summed E-state index contributed by atoms with van der Waals surface area (Å²) in [6.07, 6.45) is 0.114. The lowest BCUT2D eigenvalue weighted by atomic mass is 10.2. The Labute approximate surface area is 139 Å². The summed E-state index contributed by atoms with van der Waals surface area (Å²) in [6, 6.07) is 15.7. The number of hydrazine groups is 1. The minimum atomic E-state index is -0.591. The summed E-state index contributed by atoms with van der Waals surface area (Å²) in [5.74, 6) is -0.517. The Balaban J connectivity index is 1.76. The Bertz CT molecular complexity index is 736. The van der Waals surface area contributed by atoms with E-state index >= 15 is 0 Å². The molecule has 1 fully saturated rings. The van der Waals surface area contributed by atoms with E-state index < -0.39 is 6.04 Å². The quantitative estimate of drug-likeness (QED) is 0.692. The molecule has 3 rings (SSSR count). The molecule has 0 aromatic heterocycles. The Morgan fingerprint density at radius 1 is 1.13 bits per heavy atom. The van der Waals surface area contributed by atoms with E-state index in [1.54, 1.807) is 29.3 Å². The fourth-order valence-electron chi connectivity index (χ4n) is 2.58. The van der Waals surface area contributed by atoms with Crippen LogP contribution in [0.15, 0.2) is 54.6 Å². The van der Waals surface area contributed by atoms with Crippen LogP contribution >= 0.6 is 11.6 Å². The number of benzene rings is 2. The van der Waals surface area contributed by atoms with Crippen LogP contribution in [0.5, 0.6) is 0 Å². The lowest BCUT2D eigenvalue weighted by Crippen LogP contribution is -2.47. The van der Waals surface area contributed by atoms with Gasteiger partial charge in [0.1, 0.15) is 6.04 Å². The fourth-order valence-corrected chi connectivity index (χ4v) is 2.76. The number of carbonyl (C=O) groups excluding carboxylic acids is 2. The van der Waals surface area contributed by atoms with Gasteiger partial charge in [0, 0.05) is 12.1 Å². The molecule has 0 unspecified atom stereocenters. The number of nitrogens with zero attached hydrogens (tertiary/aromatic N) is 2. The predicted octanol–water partition coefficient (Wildman–Crippen LogP) is 2.61. The van der Waals surface area contributed by atoms with E-state index in [1.807, 2.05) is 37.4 Å². The zero-order valence-corrected chi connectivity index (χ0v) is 13.3. The van der Waals surface area contributed by atoms with Gasteiger partial charge < -0.3 is 5.01 Å². The van der Waals surface area contributed by atoms with Crippen LogP contribution in [0, 0.1) is 0 Å². The second-order valence-corrected chi connectivity index (χ2v) is 5.76. The molecule has 0 aliphatic carbocycles. The zero-order valence-electron chi connectivity index (χ0n) is 12.6. The molecule has 118 valence electrons. The molecule has 6 heteroatoms. The van der Waals surface area contributed by atoms with Gasteiger partial charge in [-0.2, -0.15) is 0 Å². The molecule has 5 nitrogen and oxygen atoms in total. The first-order valence-corrected chi connectivity index (χ1v) is 7.61. The highest BCUT2D eigenvalue weighted by Gasteiger charge is 2.40. The average molecular weight is 330 g/mol. The zero-order chi connectivity index (χ0) is 16.4. The van der Waals surface area contributed by atoms with Crippen molar-refractivity contribution in [3.63, 3.8) is 0 Å². The Morgan fingerprint density at radius 3 is 2.57 bits per heavy atom. The van der Waals surface area contributed by atoms with E-state index in [-0.39, 0.29) is 18.2 Å². The summed E-state index contributed by atoms with van der Waals surface area (Å²) in [5.41, 5.74) is 4.49. The van der Waals surface area contributed by atoms with Crippen LogP contribution in [0.2, 0.25) is 5.02 Å². The van der Waals surface area contributed by atoms with Crippen LogP contribution in [0.25, 0.3) is 0 Å². The maximum Gasteiger partial charge on any atom is 0.253 e. The molecule has 2 aromatic rings. The molecular weight excluding hydrogens is 314 g/mol. The summed E-state index contributed by atoms with van der Waals surface area (Å²) in [4.78, 5) is 26.0. The second-order valence-electron chi connectivity index (χ2n) is 5.33. The molecule has 0 radical (unpaired) electrons. The molecule has 0 bridgehead atoms. The minimum absolute atomic E-state index is 0.114. The van der Waals surface area contributed by atoms with E-state index in [9.17, 15) is 9.59 Å². The smallest absolute Gasteiger partial charge is 0.253 e. The molecule has 1 N–H and O–H groups in total. The van der Waals surface area contributed by atoms with Crippen molar-refractivity contribution >= 4 is 34.8 Å². The lowest BCUT2D eigenvalue weighted by Gasteiger charge is -2.24. The van der Waals surface area contributed by atoms with Gasteiger partial charge in [0.05, 0.1) is 17.8 Å². The van der Waals surface area contributed by atoms with Gasteiger partial charge >= 0.3 is 0 Å². The Hall–Kier alpha value is -2.37. The maximum atomic E-state index is 12.6. The van der Waals surface area contributed by atoms with Crippen molar-refractivity contribution in [1.82, 2.24) is 5.43 Å². The molecule has 1 aliphatic heterocycles. The van der Waals surface area contributed by atoms with Gasteiger partial charge in [0.2, 0.25) is 5.91 Å². The Kier molecular flexibility index (Phi) is 4.32. The molecule has 23 heavy (non-hydrogen) atoms. The van der Waals surface area contributed by atoms with Gasteiger partial charge in [-0.3, -0.25) is 9.59 Å². The van der Waals surface area contributed by atoms with E-state index in [2.05, 4.69) is 5.43 Å². The van der Waals surface area contributed by atoms with Gasteiger partial charge in [-0.25, -0.2) is 10.3 Å². The number of rotatable bonds is 4. The molecule has 1 saturated heterocycles. The summed E-state index contributed by atoms with van der Waals surface area (Å²) < 4.78 is 0. The van der Waals surface area contributed by atoms with Crippen LogP contribution in [0.4, 0.5) is 11.4 Å². The molecule has 1 heterocycles. The number of anilines is 2. The highest BCUT2D eigenvalue weighted by atomic mass is 35.5. The standard InChI is InChI=1S/C17H16ClN3O2/c1-20(13-7-3-2-4-8-13)19-15-11-16(22)21(17(15)23)14-9-5-6-12(18)10-14/h2-10,15,19H,11H2,1H3/t15-/m1/s1. The van der Waals surface area contributed by atoms with Crippen LogP contribution < -0.4 is 15.3 Å². The van der Waals surface area contributed by atoms with Gasteiger partial charge in [0.25, 0.3) is 5.91 Å². The van der Waals surface area contributed by atoms with Gasteiger partial charge in [-0.1, -0.05) is 35.9 Å². The number of halogens is 1.